The normalized spacial score (nSPS) is 20.7. The largest absolute Gasteiger partial charge is 0.377 e. The van der Waals surface area contributed by atoms with Gasteiger partial charge in [-0.1, -0.05) is 30.3 Å². The number of benzene rings is 1. The number of hydrogen-bond acceptors (Lipinski definition) is 4. The Kier molecular flexibility index (Phi) is 4.65. The van der Waals surface area contributed by atoms with Gasteiger partial charge >= 0.3 is 0 Å². The average Bonchev–Trinajstić information content (AvgIpc) is 3.23. The molecule has 2 saturated heterocycles. The van der Waals surface area contributed by atoms with Crippen LogP contribution in [0.25, 0.3) is 0 Å². The second-order valence-corrected chi connectivity index (χ2v) is 6.60. The monoisotopic (exact) mass is 337 g/mol. The quantitative estimate of drug-likeness (QED) is 0.864. The zero-order valence-corrected chi connectivity index (χ0v) is 14.3. The Bertz CT molecular complexity index is 711. The maximum Gasteiger partial charge on any atom is 0.256 e. The number of carbonyl (C=O) groups is 1. The van der Waals surface area contributed by atoms with E-state index in [0.29, 0.717) is 25.3 Å². The Hall–Kier alpha value is -2.40. The highest BCUT2D eigenvalue weighted by Gasteiger charge is 2.29. The third kappa shape index (κ3) is 3.37. The van der Waals surface area contributed by atoms with Gasteiger partial charge in [0.1, 0.15) is 5.82 Å². The molecule has 1 atom stereocenters. The molecule has 1 aromatic carbocycles. The topological polar surface area (TPSA) is 45.7 Å². The molecule has 0 aliphatic carbocycles. The standard InChI is InChI=1S/C20H23N3O2/c24-20(17-8-9-19(21-14-17)22-10-4-5-11-22)23-12-13-25-15-18(23)16-6-2-1-3-7-16/h1-3,6-9,14,18H,4-5,10-13,15H2/t18-/m0/s1. The summed E-state index contributed by atoms with van der Waals surface area (Å²) in [4.78, 5) is 21.7. The predicted molar refractivity (Wildman–Crippen MR) is 96.7 cm³/mol. The highest BCUT2D eigenvalue weighted by molar-refractivity contribution is 5.94. The van der Waals surface area contributed by atoms with Crippen LogP contribution in [0.15, 0.2) is 48.7 Å². The van der Waals surface area contributed by atoms with Gasteiger partial charge in [-0.15, -0.1) is 0 Å². The van der Waals surface area contributed by atoms with Crippen LogP contribution in [-0.4, -0.2) is 48.6 Å². The van der Waals surface area contributed by atoms with Crippen molar-refractivity contribution in [3.8, 4) is 0 Å². The molecule has 4 rings (SSSR count). The minimum absolute atomic E-state index is 0.0256. The van der Waals surface area contributed by atoms with Crippen molar-refractivity contribution in [3.05, 3.63) is 59.8 Å². The van der Waals surface area contributed by atoms with E-state index in [1.54, 1.807) is 6.20 Å². The van der Waals surface area contributed by atoms with Gasteiger partial charge in [-0.25, -0.2) is 4.98 Å². The van der Waals surface area contributed by atoms with E-state index in [9.17, 15) is 4.79 Å². The molecule has 0 saturated carbocycles. The molecule has 0 N–H and O–H groups in total. The number of anilines is 1. The third-order valence-electron chi connectivity index (χ3n) is 5.00. The molecule has 1 amide bonds. The van der Waals surface area contributed by atoms with E-state index in [2.05, 4.69) is 9.88 Å². The van der Waals surface area contributed by atoms with Gasteiger partial charge in [0, 0.05) is 25.8 Å². The summed E-state index contributed by atoms with van der Waals surface area (Å²) in [7, 11) is 0. The molecule has 2 aliphatic heterocycles. The maximum absolute atomic E-state index is 13.0. The van der Waals surface area contributed by atoms with Crippen molar-refractivity contribution in [2.75, 3.05) is 37.7 Å². The molecular weight excluding hydrogens is 314 g/mol. The molecule has 3 heterocycles. The number of carbonyl (C=O) groups excluding carboxylic acids is 1. The van der Waals surface area contributed by atoms with Crippen LogP contribution in [0.5, 0.6) is 0 Å². The molecule has 25 heavy (non-hydrogen) atoms. The summed E-state index contributed by atoms with van der Waals surface area (Å²) < 4.78 is 5.62. The van der Waals surface area contributed by atoms with Crippen LogP contribution in [0, 0.1) is 0 Å². The second kappa shape index (κ2) is 7.23. The average molecular weight is 337 g/mol. The first-order chi connectivity index (χ1) is 12.3. The van der Waals surface area contributed by atoms with Crippen molar-refractivity contribution < 1.29 is 9.53 Å². The van der Waals surface area contributed by atoms with E-state index in [-0.39, 0.29) is 11.9 Å². The van der Waals surface area contributed by atoms with Crippen molar-refractivity contribution in [3.63, 3.8) is 0 Å². The van der Waals surface area contributed by atoms with Crippen molar-refractivity contribution in [1.29, 1.82) is 0 Å². The molecule has 0 unspecified atom stereocenters. The predicted octanol–water partition coefficient (Wildman–Crippen LogP) is 2.90. The molecule has 5 heteroatoms. The first-order valence-corrected chi connectivity index (χ1v) is 8.97. The van der Waals surface area contributed by atoms with Crippen LogP contribution in [-0.2, 0) is 4.74 Å². The molecule has 1 aromatic heterocycles. The number of aromatic nitrogens is 1. The van der Waals surface area contributed by atoms with Gasteiger partial charge in [0.2, 0.25) is 0 Å². The van der Waals surface area contributed by atoms with Crippen LogP contribution in [0.1, 0.15) is 34.8 Å². The number of rotatable bonds is 3. The minimum atomic E-state index is -0.0410. The van der Waals surface area contributed by atoms with Crippen molar-refractivity contribution in [2.45, 2.75) is 18.9 Å². The van der Waals surface area contributed by atoms with E-state index < -0.39 is 0 Å². The van der Waals surface area contributed by atoms with Gasteiger partial charge in [0.15, 0.2) is 0 Å². The number of amides is 1. The lowest BCUT2D eigenvalue weighted by molar-refractivity contribution is -0.00271. The molecular formula is C20H23N3O2. The van der Waals surface area contributed by atoms with E-state index >= 15 is 0 Å². The molecule has 5 nitrogen and oxygen atoms in total. The lowest BCUT2D eigenvalue weighted by atomic mass is 10.0. The highest BCUT2D eigenvalue weighted by atomic mass is 16.5. The fourth-order valence-electron chi connectivity index (χ4n) is 3.61. The maximum atomic E-state index is 13.0. The Balaban J connectivity index is 1.54. The highest BCUT2D eigenvalue weighted by Crippen LogP contribution is 2.26. The number of morpholine rings is 1. The fraction of sp³-hybridized carbons (Fsp3) is 0.400. The Morgan fingerprint density at radius 2 is 1.84 bits per heavy atom. The zero-order chi connectivity index (χ0) is 17.1. The summed E-state index contributed by atoms with van der Waals surface area (Å²) in [6, 6.07) is 13.9. The summed E-state index contributed by atoms with van der Waals surface area (Å²) in [5.74, 6) is 0.994. The van der Waals surface area contributed by atoms with Gasteiger partial charge in [-0.2, -0.15) is 0 Å². The fourth-order valence-corrected chi connectivity index (χ4v) is 3.61. The van der Waals surface area contributed by atoms with E-state index in [1.165, 1.54) is 12.8 Å². The smallest absolute Gasteiger partial charge is 0.256 e. The summed E-state index contributed by atoms with van der Waals surface area (Å²) in [5.41, 5.74) is 1.75. The van der Waals surface area contributed by atoms with Crippen LogP contribution in [0.2, 0.25) is 0 Å². The van der Waals surface area contributed by atoms with Crippen LogP contribution >= 0.6 is 0 Å². The van der Waals surface area contributed by atoms with Crippen molar-refractivity contribution >= 4 is 11.7 Å². The SMILES string of the molecule is O=C(c1ccc(N2CCCC2)nc1)N1CCOC[C@H]1c1ccccc1. The van der Waals surface area contributed by atoms with Gasteiger partial charge in [0.05, 0.1) is 24.8 Å². The third-order valence-corrected chi connectivity index (χ3v) is 5.00. The molecule has 2 aliphatic rings. The van der Waals surface area contributed by atoms with Crippen molar-refractivity contribution in [1.82, 2.24) is 9.88 Å². The zero-order valence-electron chi connectivity index (χ0n) is 14.3. The molecule has 0 radical (unpaired) electrons. The molecule has 130 valence electrons. The second-order valence-electron chi connectivity index (χ2n) is 6.60. The summed E-state index contributed by atoms with van der Waals surface area (Å²) in [6.07, 6.45) is 4.15. The lowest BCUT2D eigenvalue weighted by Crippen LogP contribution is -2.43. The lowest BCUT2D eigenvalue weighted by Gasteiger charge is -2.36. The van der Waals surface area contributed by atoms with Gasteiger partial charge in [-0.3, -0.25) is 4.79 Å². The molecule has 0 spiro atoms. The van der Waals surface area contributed by atoms with E-state index in [4.69, 9.17) is 4.74 Å². The van der Waals surface area contributed by atoms with Gasteiger partial charge in [0.25, 0.3) is 5.91 Å². The van der Waals surface area contributed by atoms with Gasteiger partial charge in [-0.05, 0) is 30.5 Å². The Morgan fingerprint density at radius 1 is 1.04 bits per heavy atom. The molecule has 2 fully saturated rings. The Morgan fingerprint density at radius 3 is 2.56 bits per heavy atom. The number of pyridine rings is 1. The van der Waals surface area contributed by atoms with Crippen LogP contribution in [0.3, 0.4) is 0 Å². The summed E-state index contributed by atoms with van der Waals surface area (Å²) in [6.45, 7) is 3.83. The molecule has 0 bridgehead atoms. The number of hydrogen-bond donors (Lipinski definition) is 0. The number of ether oxygens (including phenoxy) is 1. The molecule has 2 aromatic rings. The first-order valence-electron chi connectivity index (χ1n) is 8.97. The van der Waals surface area contributed by atoms with E-state index in [1.807, 2.05) is 47.4 Å². The summed E-state index contributed by atoms with van der Waals surface area (Å²) >= 11 is 0. The minimum Gasteiger partial charge on any atom is -0.377 e. The Labute approximate surface area is 148 Å². The van der Waals surface area contributed by atoms with E-state index in [0.717, 1.165) is 24.5 Å². The van der Waals surface area contributed by atoms with Gasteiger partial charge < -0.3 is 14.5 Å². The summed E-state index contributed by atoms with van der Waals surface area (Å²) in [5, 5.41) is 0. The first kappa shape index (κ1) is 16.1. The van der Waals surface area contributed by atoms with Crippen LogP contribution in [0.4, 0.5) is 5.82 Å². The van der Waals surface area contributed by atoms with Crippen molar-refractivity contribution in [2.24, 2.45) is 0 Å². The number of nitrogens with zero attached hydrogens (tertiary/aromatic N) is 3. The van der Waals surface area contributed by atoms with Crippen LogP contribution < -0.4 is 4.90 Å².